The van der Waals surface area contributed by atoms with Gasteiger partial charge in [-0.3, -0.25) is 4.79 Å². The fourth-order valence-corrected chi connectivity index (χ4v) is 4.95. The minimum absolute atomic E-state index is 0.167. The van der Waals surface area contributed by atoms with Crippen LogP contribution in [0.25, 0.3) is 10.8 Å². The summed E-state index contributed by atoms with van der Waals surface area (Å²) in [5.41, 5.74) is 5.34. The summed E-state index contributed by atoms with van der Waals surface area (Å²) in [6.45, 7) is 0.186. The summed E-state index contributed by atoms with van der Waals surface area (Å²) in [4.78, 5) is 11.7. The van der Waals surface area contributed by atoms with E-state index in [1.165, 1.54) is 0 Å². The van der Waals surface area contributed by atoms with Gasteiger partial charge in [0.25, 0.3) is 0 Å². The molecule has 1 aliphatic rings. The van der Waals surface area contributed by atoms with Gasteiger partial charge in [-0.15, -0.1) is 0 Å². The lowest BCUT2D eigenvalue weighted by Crippen LogP contribution is -2.43. The van der Waals surface area contributed by atoms with Crippen molar-refractivity contribution in [3.05, 3.63) is 42.5 Å². The third-order valence-electron chi connectivity index (χ3n) is 3.89. The number of hydrogen-bond donors (Lipinski definition) is 2. The summed E-state index contributed by atoms with van der Waals surface area (Å²) < 4.78 is 26.8. The van der Waals surface area contributed by atoms with E-state index in [2.05, 4.69) is 12.6 Å². The third-order valence-corrected chi connectivity index (χ3v) is 6.13. The molecule has 2 atom stereocenters. The Morgan fingerprint density at radius 3 is 2.55 bits per heavy atom. The van der Waals surface area contributed by atoms with Gasteiger partial charge in [-0.1, -0.05) is 30.3 Å². The Hall–Kier alpha value is -1.57. The molecule has 2 N–H and O–H groups in total. The van der Waals surface area contributed by atoms with Crippen LogP contribution in [-0.2, 0) is 14.8 Å². The molecule has 0 unspecified atom stereocenters. The van der Waals surface area contributed by atoms with Gasteiger partial charge >= 0.3 is 0 Å². The highest BCUT2D eigenvalue weighted by atomic mass is 32.2. The van der Waals surface area contributed by atoms with E-state index >= 15 is 0 Å². The summed E-state index contributed by atoms with van der Waals surface area (Å²) in [5.74, 6) is -0.638. The average molecular weight is 336 g/mol. The van der Waals surface area contributed by atoms with Gasteiger partial charge in [0.05, 0.1) is 4.90 Å². The van der Waals surface area contributed by atoms with Crippen LogP contribution in [0.4, 0.5) is 0 Å². The third kappa shape index (κ3) is 2.60. The van der Waals surface area contributed by atoms with Crippen LogP contribution < -0.4 is 5.73 Å². The molecule has 2 aromatic carbocycles. The van der Waals surface area contributed by atoms with E-state index < -0.39 is 22.0 Å². The molecule has 22 heavy (non-hydrogen) atoms. The number of thiol groups is 1. The van der Waals surface area contributed by atoms with Gasteiger partial charge in [-0.05, 0) is 29.3 Å². The van der Waals surface area contributed by atoms with E-state index in [4.69, 9.17) is 5.73 Å². The van der Waals surface area contributed by atoms with Crippen molar-refractivity contribution in [3.63, 3.8) is 0 Å². The minimum atomic E-state index is -3.77. The van der Waals surface area contributed by atoms with Crippen LogP contribution >= 0.6 is 12.6 Å². The summed E-state index contributed by atoms with van der Waals surface area (Å²) >= 11 is 4.29. The monoisotopic (exact) mass is 336 g/mol. The number of fused-ring (bicyclic) bond motifs is 1. The summed E-state index contributed by atoms with van der Waals surface area (Å²) in [6, 6.07) is 11.6. The van der Waals surface area contributed by atoms with Crippen LogP contribution in [0, 0.1) is 0 Å². The van der Waals surface area contributed by atoms with E-state index in [1.54, 1.807) is 18.2 Å². The second-order valence-electron chi connectivity index (χ2n) is 5.39. The predicted octanol–water partition coefficient (Wildman–Crippen LogP) is 1.39. The first kappa shape index (κ1) is 15.3. The Balaban J connectivity index is 2.05. The Bertz CT molecular complexity index is 836. The molecule has 0 saturated carbocycles. The Labute approximate surface area is 134 Å². The molecule has 0 spiro atoms. The van der Waals surface area contributed by atoms with Crippen LogP contribution in [0.1, 0.15) is 6.42 Å². The van der Waals surface area contributed by atoms with Crippen molar-refractivity contribution < 1.29 is 13.2 Å². The van der Waals surface area contributed by atoms with Crippen molar-refractivity contribution in [1.29, 1.82) is 0 Å². The summed E-state index contributed by atoms with van der Waals surface area (Å²) in [5, 5.41) is 1.61. The van der Waals surface area contributed by atoms with E-state index in [1.807, 2.05) is 24.3 Å². The largest absolute Gasteiger partial charge is 0.368 e. The number of nitrogens with zero attached hydrogens (tertiary/aromatic N) is 1. The van der Waals surface area contributed by atoms with Crippen LogP contribution in [0.2, 0.25) is 0 Å². The number of sulfonamides is 1. The molecule has 0 radical (unpaired) electrons. The lowest BCUT2D eigenvalue weighted by Gasteiger charge is -2.21. The number of carbonyl (C=O) groups excluding carboxylic acids is 1. The number of rotatable bonds is 3. The Morgan fingerprint density at radius 2 is 1.86 bits per heavy atom. The second kappa shape index (κ2) is 5.57. The molecule has 116 valence electrons. The zero-order valence-electron chi connectivity index (χ0n) is 11.7. The molecule has 2 aromatic rings. The topological polar surface area (TPSA) is 80.5 Å². The number of benzene rings is 2. The number of amides is 1. The normalized spacial score (nSPS) is 23.0. The summed E-state index contributed by atoms with van der Waals surface area (Å²) in [7, 11) is -3.77. The SMILES string of the molecule is NC(=O)[C@@H]1C[C@H](S)CN1S(=O)(=O)c1ccc2ccccc2c1. The number of nitrogens with two attached hydrogens (primary N) is 1. The first-order valence-electron chi connectivity index (χ1n) is 6.87. The van der Waals surface area contributed by atoms with Gasteiger partial charge in [0.2, 0.25) is 15.9 Å². The fourth-order valence-electron chi connectivity index (χ4n) is 2.77. The van der Waals surface area contributed by atoms with Crippen molar-refractivity contribution in [2.75, 3.05) is 6.54 Å². The molecule has 1 heterocycles. The zero-order valence-corrected chi connectivity index (χ0v) is 13.4. The van der Waals surface area contributed by atoms with E-state index in [0.717, 1.165) is 15.1 Å². The molecule has 1 aliphatic heterocycles. The highest BCUT2D eigenvalue weighted by Crippen LogP contribution is 2.29. The van der Waals surface area contributed by atoms with Crippen LogP contribution in [0.15, 0.2) is 47.4 Å². The first-order valence-corrected chi connectivity index (χ1v) is 8.83. The molecular formula is C15H16N2O3S2. The molecular weight excluding hydrogens is 320 g/mol. The number of primary amides is 1. The number of hydrogen-bond acceptors (Lipinski definition) is 4. The van der Waals surface area contributed by atoms with Crippen molar-refractivity contribution >= 4 is 39.3 Å². The maximum atomic E-state index is 12.8. The molecule has 1 fully saturated rings. The molecule has 3 rings (SSSR count). The molecule has 1 amide bonds. The van der Waals surface area contributed by atoms with Crippen LogP contribution in [-0.4, -0.2) is 36.5 Å². The zero-order chi connectivity index (χ0) is 15.9. The smallest absolute Gasteiger partial charge is 0.243 e. The molecule has 7 heteroatoms. The lowest BCUT2D eigenvalue weighted by atomic mass is 10.1. The average Bonchev–Trinajstić information content (AvgIpc) is 2.90. The maximum absolute atomic E-state index is 12.8. The molecule has 5 nitrogen and oxygen atoms in total. The van der Waals surface area contributed by atoms with Gasteiger partial charge in [0.1, 0.15) is 6.04 Å². The van der Waals surface area contributed by atoms with Crippen molar-refractivity contribution in [1.82, 2.24) is 4.31 Å². The quantitative estimate of drug-likeness (QED) is 0.831. The number of carbonyl (C=O) groups is 1. The molecule has 0 aromatic heterocycles. The van der Waals surface area contributed by atoms with E-state index in [-0.39, 0.29) is 16.7 Å². The Kier molecular flexibility index (Phi) is 3.88. The van der Waals surface area contributed by atoms with Gasteiger partial charge in [-0.2, -0.15) is 16.9 Å². The maximum Gasteiger partial charge on any atom is 0.243 e. The lowest BCUT2D eigenvalue weighted by molar-refractivity contribution is -0.121. The van der Waals surface area contributed by atoms with Crippen molar-refractivity contribution in [2.24, 2.45) is 5.73 Å². The van der Waals surface area contributed by atoms with Crippen LogP contribution in [0.3, 0.4) is 0 Å². The fraction of sp³-hybridized carbons (Fsp3) is 0.267. The molecule has 1 saturated heterocycles. The van der Waals surface area contributed by atoms with Crippen molar-refractivity contribution in [3.8, 4) is 0 Å². The molecule has 0 aliphatic carbocycles. The van der Waals surface area contributed by atoms with E-state index in [0.29, 0.717) is 6.42 Å². The van der Waals surface area contributed by atoms with Gasteiger partial charge in [-0.25, -0.2) is 8.42 Å². The Morgan fingerprint density at radius 1 is 1.18 bits per heavy atom. The first-order chi connectivity index (χ1) is 10.4. The van der Waals surface area contributed by atoms with Gasteiger partial charge in [0, 0.05) is 11.8 Å². The van der Waals surface area contributed by atoms with E-state index in [9.17, 15) is 13.2 Å². The highest BCUT2D eigenvalue weighted by molar-refractivity contribution is 7.89. The highest BCUT2D eigenvalue weighted by Gasteiger charge is 2.42. The van der Waals surface area contributed by atoms with Gasteiger partial charge in [0.15, 0.2) is 0 Å². The molecule has 0 bridgehead atoms. The minimum Gasteiger partial charge on any atom is -0.368 e. The van der Waals surface area contributed by atoms with Crippen molar-refractivity contribution in [2.45, 2.75) is 22.6 Å². The predicted molar refractivity (Wildman–Crippen MR) is 88.2 cm³/mol. The second-order valence-corrected chi connectivity index (χ2v) is 8.01. The van der Waals surface area contributed by atoms with Gasteiger partial charge < -0.3 is 5.73 Å². The van der Waals surface area contributed by atoms with Crippen LogP contribution in [0.5, 0.6) is 0 Å². The summed E-state index contributed by atoms with van der Waals surface area (Å²) in [6.07, 6.45) is 0.339. The standard InChI is InChI=1S/C15H16N2O3S2/c16-15(18)14-8-12(21)9-17(14)22(19,20)13-6-5-10-3-1-2-4-11(10)7-13/h1-7,12,14,21H,8-9H2,(H2,16,18)/t12-,14-/m0/s1.